The van der Waals surface area contributed by atoms with Crippen LogP contribution in [0.3, 0.4) is 0 Å². The van der Waals surface area contributed by atoms with Gasteiger partial charge < -0.3 is 20.4 Å². The molecule has 0 fully saturated rings. The van der Waals surface area contributed by atoms with E-state index in [1.165, 1.54) is 21.1 Å². The average Bonchev–Trinajstić information content (AvgIpc) is 2.19. The average molecular weight is 223 g/mol. The first-order valence-corrected chi connectivity index (χ1v) is 4.71. The molecular weight excluding hydrogens is 202 g/mol. The molecule has 0 bridgehead atoms. The molecular formula is C8H21N3O4. The quantitative estimate of drug-likeness (QED) is 0.241. The van der Waals surface area contributed by atoms with Crippen LogP contribution in [0.25, 0.3) is 0 Å². The molecule has 92 valence electrons. The minimum atomic E-state index is -3.29. The summed E-state index contributed by atoms with van der Waals surface area (Å²) in [5.74, 6) is -3.29. The van der Waals surface area contributed by atoms with Gasteiger partial charge in [-0.1, -0.05) is 6.92 Å². The molecule has 0 radical (unpaired) electrons. The number of nitrogens with one attached hydrogen (secondary N) is 3. The predicted octanol–water partition coefficient (Wildman–Crippen LogP) is -2.93. The number of rotatable bonds is 6. The molecule has 0 aliphatic heterocycles. The lowest BCUT2D eigenvalue weighted by Gasteiger charge is -2.49. The Bertz CT molecular complexity index is 194. The van der Waals surface area contributed by atoms with Gasteiger partial charge in [-0.25, -0.2) is 0 Å². The van der Waals surface area contributed by atoms with Crippen LogP contribution in [0.5, 0.6) is 0 Å². The van der Waals surface area contributed by atoms with Gasteiger partial charge in [-0.05, 0) is 27.6 Å². The molecule has 0 heterocycles. The van der Waals surface area contributed by atoms with Crippen molar-refractivity contribution in [1.29, 1.82) is 0 Å². The first kappa shape index (κ1) is 14.7. The number of likely N-dealkylation sites (N-methyl/N-ethyl adjacent to an activating group) is 3. The summed E-state index contributed by atoms with van der Waals surface area (Å²) in [5.41, 5.74) is -3.65. The molecule has 7 heteroatoms. The smallest absolute Gasteiger partial charge is 0.324 e. The van der Waals surface area contributed by atoms with Crippen LogP contribution in [-0.2, 0) is 0 Å². The molecule has 0 saturated carbocycles. The van der Waals surface area contributed by atoms with Gasteiger partial charge in [-0.15, -0.1) is 0 Å². The Labute approximate surface area is 89.1 Å². The van der Waals surface area contributed by atoms with E-state index in [2.05, 4.69) is 16.0 Å². The molecule has 7 nitrogen and oxygen atoms in total. The summed E-state index contributed by atoms with van der Waals surface area (Å²) in [7, 11) is 4.35. The highest BCUT2D eigenvalue weighted by molar-refractivity contribution is 5.03. The first-order valence-electron chi connectivity index (χ1n) is 4.71. The van der Waals surface area contributed by atoms with Gasteiger partial charge in [0.15, 0.2) is 0 Å². The Kier molecular flexibility index (Phi) is 4.62. The van der Waals surface area contributed by atoms with Crippen molar-refractivity contribution in [3.8, 4) is 0 Å². The second kappa shape index (κ2) is 4.71. The molecule has 0 amide bonds. The maximum absolute atomic E-state index is 10.1. The van der Waals surface area contributed by atoms with Crippen LogP contribution in [-0.4, -0.2) is 58.9 Å². The van der Waals surface area contributed by atoms with E-state index >= 15 is 0 Å². The van der Waals surface area contributed by atoms with E-state index in [0.717, 1.165) is 0 Å². The van der Waals surface area contributed by atoms with Crippen molar-refractivity contribution in [2.45, 2.75) is 30.7 Å². The largest absolute Gasteiger partial charge is 0.366 e. The van der Waals surface area contributed by atoms with E-state index < -0.39 is 17.4 Å². The lowest BCUT2D eigenvalue weighted by Crippen LogP contribution is -2.82. The summed E-state index contributed by atoms with van der Waals surface area (Å²) in [6.45, 7) is 1.71. The van der Waals surface area contributed by atoms with Crippen LogP contribution in [0.2, 0.25) is 0 Å². The topological polar surface area (TPSA) is 117 Å². The third kappa shape index (κ3) is 2.13. The maximum atomic E-state index is 10.1. The van der Waals surface area contributed by atoms with Gasteiger partial charge >= 0.3 is 5.97 Å². The highest BCUT2D eigenvalue weighted by atomic mass is 16.7. The van der Waals surface area contributed by atoms with Crippen molar-refractivity contribution in [2.75, 3.05) is 21.1 Å². The molecule has 0 rings (SSSR count). The summed E-state index contributed by atoms with van der Waals surface area (Å²) in [6, 6.07) is 0. The third-order valence-corrected chi connectivity index (χ3v) is 2.85. The second-order valence-corrected chi connectivity index (χ2v) is 3.35. The van der Waals surface area contributed by atoms with Crippen LogP contribution in [0.4, 0.5) is 0 Å². The highest BCUT2D eigenvalue weighted by Gasteiger charge is 2.60. The summed E-state index contributed by atoms with van der Waals surface area (Å²) in [6.07, 6.45) is 0.292. The Hall–Kier alpha value is -0.280. The lowest BCUT2D eigenvalue weighted by molar-refractivity contribution is -0.415. The van der Waals surface area contributed by atoms with Gasteiger partial charge in [0.05, 0.1) is 0 Å². The Morgan fingerprint density at radius 2 is 1.27 bits per heavy atom. The SMILES string of the molecule is CCC(NC)(NC)C(O)(NC)C(O)(O)O. The van der Waals surface area contributed by atoms with Gasteiger partial charge in [0.2, 0.25) is 5.72 Å². The summed E-state index contributed by atoms with van der Waals surface area (Å²) in [5, 5.41) is 45.3. The standard InChI is InChI=1S/C8H21N3O4/c1-5-6(9-2,10-3)7(12,11-4)8(13,14)15/h9-15H,5H2,1-4H3. The van der Waals surface area contributed by atoms with Crippen molar-refractivity contribution in [1.82, 2.24) is 16.0 Å². The first-order chi connectivity index (χ1) is 6.74. The molecule has 1 unspecified atom stereocenters. The predicted molar refractivity (Wildman–Crippen MR) is 54.5 cm³/mol. The summed E-state index contributed by atoms with van der Waals surface area (Å²) < 4.78 is 0. The van der Waals surface area contributed by atoms with Crippen molar-refractivity contribution >= 4 is 0 Å². The molecule has 0 saturated heterocycles. The molecule has 0 aliphatic rings. The fourth-order valence-corrected chi connectivity index (χ4v) is 1.76. The molecule has 0 aromatic carbocycles. The van der Waals surface area contributed by atoms with E-state index in [1.807, 2.05) is 0 Å². The van der Waals surface area contributed by atoms with Crippen molar-refractivity contribution in [3.63, 3.8) is 0 Å². The van der Waals surface area contributed by atoms with Crippen LogP contribution >= 0.6 is 0 Å². The van der Waals surface area contributed by atoms with Gasteiger partial charge in [0.25, 0.3) is 0 Å². The normalized spacial score (nSPS) is 17.6. The van der Waals surface area contributed by atoms with Gasteiger partial charge in [-0.3, -0.25) is 16.0 Å². The number of aliphatic hydroxyl groups is 4. The van der Waals surface area contributed by atoms with E-state index in [0.29, 0.717) is 6.42 Å². The fourth-order valence-electron chi connectivity index (χ4n) is 1.76. The number of hydrogen-bond donors (Lipinski definition) is 7. The second-order valence-electron chi connectivity index (χ2n) is 3.35. The Morgan fingerprint density at radius 3 is 1.33 bits per heavy atom. The monoisotopic (exact) mass is 223 g/mol. The van der Waals surface area contributed by atoms with Crippen LogP contribution in [0.1, 0.15) is 13.3 Å². The van der Waals surface area contributed by atoms with Gasteiger partial charge in [-0.2, -0.15) is 0 Å². The maximum Gasteiger partial charge on any atom is 0.324 e. The van der Waals surface area contributed by atoms with Crippen molar-refractivity contribution in [3.05, 3.63) is 0 Å². The molecule has 0 spiro atoms. The molecule has 0 aliphatic carbocycles. The van der Waals surface area contributed by atoms with Crippen LogP contribution in [0.15, 0.2) is 0 Å². The van der Waals surface area contributed by atoms with Crippen molar-refractivity contribution < 1.29 is 20.4 Å². The zero-order valence-corrected chi connectivity index (χ0v) is 9.50. The lowest BCUT2D eigenvalue weighted by atomic mass is 9.90. The van der Waals surface area contributed by atoms with E-state index in [9.17, 15) is 20.4 Å². The molecule has 7 N–H and O–H groups in total. The number of hydrogen-bond acceptors (Lipinski definition) is 7. The summed E-state index contributed by atoms with van der Waals surface area (Å²) >= 11 is 0. The zero-order chi connectivity index (χ0) is 12.3. The fraction of sp³-hybridized carbons (Fsp3) is 1.00. The minimum Gasteiger partial charge on any atom is -0.366 e. The van der Waals surface area contributed by atoms with Gasteiger partial charge in [0, 0.05) is 0 Å². The van der Waals surface area contributed by atoms with Crippen LogP contribution in [0, 0.1) is 0 Å². The third-order valence-electron chi connectivity index (χ3n) is 2.85. The van der Waals surface area contributed by atoms with Gasteiger partial charge in [0.1, 0.15) is 5.66 Å². The zero-order valence-electron chi connectivity index (χ0n) is 9.50. The molecule has 0 aromatic rings. The van der Waals surface area contributed by atoms with Crippen molar-refractivity contribution in [2.24, 2.45) is 0 Å². The Morgan fingerprint density at radius 1 is 0.867 bits per heavy atom. The summed E-state index contributed by atoms with van der Waals surface area (Å²) in [4.78, 5) is 0. The minimum absolute atomic E-state index is 0.292. The van der Waals surface area contributed by atoms with E-state index in [-0.39, 0.29) is 0 Å². The Balaban J connectivity index is 5.41. The van der Waals surface area contributed by atoms with Crippen LogP contribution < -0.4 is 16.0 Å². The molecule has 1 atom stereocenters. The highest BCUT2D eigenvalue weighted by Crippen LogP contribution is 2.27. The van der Waals surface area contributed by atoms with E-state index in [1.54, 1.807) is 6.92 Å². The van der Waals surface area contributed by atoms with E-state index in [4.69, 9.17) is 0 Å². The molecule has 15 heavy (non-hydrogen) atoms. The molecule has 0 aromatic heterocycles.